The van der Waals surface area contributed by atoms with Gasteiger partial charge in [-0.05, 0) is 42.8 Å². The van der Waals surface area contributed by atoms with E-state index in [1.807, 2.05) is 25.1 Å². The first-order chi connectivity index (χ1) is 9.61. The Labute approximate surface area is 121 Å². The van der Waals surface area contributed by atoms with E-state index in [1.54, 1.807) is 19.2 Å². The summed E-state index contributed by atoms with van der Waals surface area (Å²) in [5.41, 5.74) is 9.58. The Morgan fingerprint density at radius 2 is 2.05 bits per heavy atom. The van der Waals surface area contributed by atoms with Gasteiger partial charge in [-0.1, -0.05) is 16.8 Å². The molecule has 0 aliphatic carbocycles. The SMILES string of the molecule is COc1ccc(-c2noc3ccc(N)c(Cl)c23)cc1C. The molecule has 3 rings (SSSR count). The van der Waals surface area contributed by atoms with E-state index in [0.29, 0.717) is 22.0 Å². The van der Waals surface area contributed by atoms with Crippen molar-refractivity contribution in [3.05, 3.63) is 40.9 Å². The Morgan fingerprint density at radius 3 is 2.75 bits per heavy atom. The highest BCUT2D eigenvalue weighted by Gasteiger charge is 2.16. The Balaban J connectivity index is 2.24. The number of nitrogen functional groups attached to an aromatic ring is 1. The van der Waals surface area contributed by atoms with Gasteiger partial charge < -0.3 is 15.0 Å². The third-order valence-electron chi connectivity index (χ3n) is 3.27. The topological polar surface area (TPSA) is 61.3 Å². The first kappa shape index (κ1) is 12.8. The van der Waals surface area contributed by atoms with E-state index in [9.17, 15) is 0 Å². The van der Waals surface area contributed by atoms with Gasteiger partial charge in [-0.2, -0.15) is 0 Å². The highest BCUT2D eigenvalue weighted by molar-refractivity contribution is 6.38. The molecule has 20 heavy (non-hydrogen) atoms. The van der Waals surface area contributed by atoms with Crippen molar-refractivity contribution in [1.82, 2.24) is 5.16 Å². The average molecular weight is 289 g/mol. The summed E-state index contributed by atoms with van der Waals surface area (Å²) in [6, 6.07) is 9.27. The summed E-state index contributed by atoms with van der Waals surface area (Å²) in [7, 11) is 1.64. The van der Waals surface area contributed by atoms with E-state index in [1.165, 1.54) is 0 Å². The normalized spacial score (nSPS) is 10.9. The summed E-state index contributed by atoms with van der Waals surface area (Å²) in [5, 5.41) is 5.31. The molecule has 0 aliphatic rings. The number of hydrogen-bond donors (Lipinski definition) is 1. The Kier molecular flexibility index (Phi) is 3.03. The summed E-state index contributed by atoms with van der Waals surface area (Å²) in [4.78, 5) is 0. The van der Waals surface area contributed by atoms with Gasteiger partial charge in [0.2, 0.25) is 0 Å². The summed E-state index contributed by atoms with van der Waals surface area (Å²) in [6.45, 7) is 1.97. The number of nitrogens with two attached hydrogens (primary N) is 1. The number of aryl methyl sites for hydroxylation is 1. The van der Waals surface area contributed by atoms with Crippen LogP contribution in [-0.2, 0) is 0 Å². The summed E-state index contributed by atoms with van der Waals surface area (Å²) in [6.07, 6.45) is 0. The Morgan fingerprint density at radius 1 is 1.25 bits per heavy atom. The molecule has 0 saturated heterocycles. The van der Waals surface area contributed by atoms with E-state index >= 15 is 0 Å². The van der Waals surface area contributed by atoms with E-state index in [2.05, 4.69) is 5.16 Å². The van der Waals surface area contributed by atoms with Crippen LogP contribution in [0.3, 0.4) is 0 Å². The van der Waals surface area contributed by atoms with Gasteiger partial charge >= 0.3 is 0 Å². The van der Waals surface area contributed by atoms with E-state index < -0.39 is 0 Å². The van der Waals surface area contributed by atoms with Crippen LogP contribution in [0.4, 0.5) is 5.69 Å². The van der Waals surface area contributed by atoms with Crippen LogP contribution in [0.25, 0.3) is 22.2 Å². The number of fused-ring (bicyclic) bond motifs is 1. The molecule has 3 aromatic rings. The number of benzene rings is 2. The van der Waals surface area contributed by atoms with Gasteiger partial charge in [0.05, 0.1) is 23.2 Å². The molecule has 0 saturated carbocycles. The van der Waals surface area contributed by atoms with Gasteiger partial charge in [-0.25, -0.2) is 0 Å². The molecule has 102 valence electrons. The fourth-order valence-electron chi connectivity index (χ4n) is 2.23. The van der Waals surface area contributed by atoms with Gasteiger partial charge in [0.15, 0.2) is 5.58 Å². The van der Waals surface area contributed by atoms with Crippen molar-refractivity contribution in [2.45, 2.75) is 6.92 Å². The lowest BCUT2D eigenvalue weighted by molar-refractivity contribution is 0.411. The number of anilines is 1. The first-order valence-corrected chi connectivity index (χ1v) is 6.48. The zero-order chi connectivity index (χ0) is 14.3. The van der Waals surface area contributed by atoms with Crippen LogP contribution in [0.2, 0.25) is 5.02 Å². The quantitative estimate of drug-likeness (QED) is 0.723. The fourth-order valence-corrected chi connectivity index (χ4v) is 2.48. The summed E-state index contributed by atoms with van der Waals surface area (Å²) >= 11 is 6.27. The second-order valence-corrected chi connectivity index (χ2v) is 4.94. The summed E-state index contributed by atoms with van der Waals surface area (Å²) in [5.74, 6) is 0.826. The molecule has 1 aromatic heterocycles. The van der Waals surface area contributed by atoms with Crippen molar-refractivity contribution in [3.8, 4) is 17.0 Å². The average Bonchev–Trinajstić information content (AvgIpc) is 2.87. The zero-order valence-corrected chi connectivity index (χ0v) is 11.9. The maximum absolute atomic E-state index is 6.27. The van der Waals surface area contributed by atoms with Crippen molar-refractivity contribution in [1.29, 1.82) is 0 Å². The van der Waals surface area contributed by atoms with Crippen molar-refractivity contribution < 1.29 is 9.26 Å². The third kappa shape index (κ3) is 1.89. The highest BCUT2D eigenvalue weighted by atomic mass is 35.5. The number of nitrogens with zero attached hydrogens (tertiary/aromatic N) is 1. The standard InChI is InChI=1S/C15H13ClN2O2/c1-8-7-9(3-5-11(8)19-2)15-13-12(20-18-15)6-4-10(17)14(13)16/h3-7H,17H2,1-2H3. The van der Waals surface area contributed by atoms with Crippen LogP contribution in [0, 0.1) is 6.92 Å². The molecular weight excluding hydrogens is 276 g/mol. The minimum Gasteiger partial charge on any atom is -0.496 e. The van der Waals surface area contributed by atoms with Crippen LogP contribution < -0.4 is 10.5 Å². The lowest BCUT2D eigenvalue weighted by Crippen LogP contribution is -1.89. The Bertz CT molecular complexity index is 796. The van der Waals surface area contributed by atoms with Gasteiger partial charge in [0.25, 0.3) is 0 Å². The number of ether oxygens (including phenoxy) is 1. The molecule has 1 heterocycles. The van der Waals surface area contributed by atoms with E-state index in [0.717, 1.165) is 22.3 Å². The third-order valence-corrected chi connectivity index (χ3v) is 3.68. The molecule has 0 amide bonds. The van der Waals surface area contributed by atoms with Crippen LogP contribution in [-0.4, -0.2) is 12.3 Å². The van der Waals surface area contributed by atoms with Gasteiger partial charge in [-0.15, -0.1) is 0 Å². The molecule has 0 fully saturated rings. The van der Waals surface area contributed by atoms with E-state index in [4.69, 9.17) is 26.6 Å². The number of rotatable bonds is 2. The van der Waals surface area contributed by atoms with Gasteiger partial charge in [0.1, 0.15) is 11.4 Å². The second-order valence-electron chi connectivity index (χ2n) is 4.56. The number of halogens is 1. The maximum atomic E-state index is 6.27. The largest absolute Gasteiger partial charge is 0.496 e. The van der Waals surface area contributed by atoms with E-state index in [-0.39, 0.29) is 0 Å². The Hall–Kier alpha value is -2.20. The van der Waals surface area contributed by atoms with Crippen LogP contribution in [0.5, 0.6) is 5.75 Å². The molecule has 0 unspecified atom stereocenters. The van der Waals surface area contributed by atoms with Crippen LogP contribution in [0.1, 0.15) is 5.56 Å². The van der Waals surface area contributed by atoms with Gasteiger partial charge in [-0.3, -0.25) is 0 Å². The molecule has 0 radical (unpaired) electrons. The molecule has 2 N–H and O–H groups in total. The molecular formula is C15H13ClN2O2. The number of methoxy groups -OCH3 is 1. The second kappa shape index (κ2) is 4.72. The summed E-state index contributed by atoms with van der Waals surface area (Å²) < 4.78 is 10.6. The number of aromatic nitrogens is 1. The minimum absolute atomic E-state index is 0.465. The molecule has 0 bridgehead atoms. The van der Waals surface area contributed by atoms with Crippen molar-refractivity contribution in [3.63, 3.8) is 0 Å². The van der Waals surface area contributed by atoms with Crippen molar-refractivity contribution in [2.24, 2.45) is 0 Å². The van der Waals surface area contributed by atoms with Crippen molar-refractivity contribution >= 4 is 28.3 Å². The van der Waals surface area contributed by atoms with Gasteiger partial charge in [0, 0.05) is 5.56 Å². The zero-order valence-electron chi connectivity index (χ0n) is 11.1. The molecule has 4 nitrogen and oxygen atoms in total. The van der Waals surface area contributed by atoms with Crippen molar-refractivity contribution in [2.75, 3.05) is 12.8 Å². The molecule has 0 aliphatic heterocycles. The maximum Gasteiger partial charge on any atom is 0.169 e. The highest BCUT2D eigenvalue weighted by Crippen LogP contribution is 2.37. The predicted molar refractivity (Wildman–Crippen MR) is 80.2 cm³/mol. The van der Waals surface area contributed by atoms with Crippen LogP contribution >= 0.6 is 11.6 Å². The smallest absolute Gasteiger partial charge is 0.169 e. The minimum atomic E-state index is 0.465. The predicted octanol–water partition coefficient (Wildman–Crippen LogP) is 4.05. The van der Waals surface area contributed by atoms with Crippen LogP contribution in [0.15, 0.2) is 34.9 Å². The lowest BCUT2D eigenvalue weighted by atomic mass is 10.0. The lowest BCUT2D eigenvalue weighted by Gasteiger charge is -2.06. The number of hydrogen-bond acceptors (Lipinski definition) is 4. The fraction of sp³-hybridized carbons (Fsp3) is 0.133. The molecule has 2 aromatic carbocycles. The monoisotopic (exact) mass is 288 g/mol. The first-order valence-electron chi connectivity index (χ1n) is 6.10. The molecule has 0 atom stereocenters. The molecule has 5 heteroatoms. The molecule has 0 spiro atoms.